The number of carbonyl (C=O) groups excluding carboxylic acids is 1. The van der Waals surface area contributed by atoms with E-state index in [0.717, 1.165) is 32.4 Å². The Labute approximate surface area is 114 Å². The van der Waals surface area contributed by atoms with Gasteiger partial charge in [0.25, 0.3) is 0 Å². The molecule has 102 valence electrons. The van der Waals surface area contributed by atoms with E-state index in [1.807, 2.05) is 18.2 Å². The van der Waals surface area contributed by atoms with E-state index in [0.29, 0.717) is 5.41 Å². The molecule has 0 aromatic heterocycles. The number of hydrogen-bond acceptors (Lipinski definition) is 2. The summed E-state index contributed by atoms with van der Waals surface area (Å²) in [5.74, 6) is 0.499. The van der Waals surface area contributed by atoms with Crippen molar-refractivity contribution in [2.45, 2.75) is 32.2 Å². The summed E-state index contributed by atoms with van der Waals surface area (Å²) in [7, 11) is 0. The first kappa shape index (κ1) is 12.7. The number of carbonyl (C=O) groups is 1. The molecular formula is C16H22N2O. The Morgan fingerprint density at radius 1 is 1.32 bits per heavy atom. The van der Waals surface area contributed by atoms with E-state index in [1.165, 1.54) is 5.56 Å². The standard InChI is InChI=1S/C16H22N2O/c1-12(13-5-3-2-4-6-13)18-15(19)14-11-16(14)7-9-17-10-8-16/h2-6,12,14,17H,7-11H2,1H3,(H,18,19)/t12-,14?/m0/s1. The van der Waals surface area contributed by atoms with Crippen molar-refractivity contribution in [3.63, 3.8) is 0 Å². The third-order valence-corrected chi connectivity index (χ3v) is 4.76. The van der Waals surface area contributed by atoms with Crippen LogP contribution in [0.15, 0.2) is 30.3 Å². The molecule has 1 unspecified atom stereocenters. The van der Waals surface area contributed by atoms with E-state index in [-0.39, 0.29) is 17.9 Å². The lowest BCUT2D eigenvalue weighted by atomic mass is 9.91. The Morgan fingerprint density at radius 2 is 2.00 bits per heavy atom. The van der Waals surface area contributed by atoms with Gasteiger partial charge in [0.1, 0.15) is 0 Å². The number of benzene rings is 1. The second kappa shape index (κ2) is 4.97. The van der Waals surface area contributed by atoms with Crippen molar-refractivity contribution in [3.8, 4) is 0 Å². The second-order valence-corrected chi connectivity index (χ2v) is 6.01. The fourth-order valence-corrected chi connectivity index (χ4v) is 3.33. The van der Waals surface area contributed by atoms with Gasteiger partial charge in [-0.15, -0.1) is 0 Å². The topological polar surface area (TPSA) is 41.1 Å². The summed E-state index contributed by atoms with van der Waals surface area (Å²) < 4.78 is 0. The molecule has 1 aromatic carbocycles. The van der Waals surface area contributed by atoms with E-state index in [9.17, 15) is 4.79 Å². The molecule has 3 nitrogen and oxygen atoms in total. The number of piperidine rings is 1. The lowest BCUT2D eigenvalue weighted by Crippen LogP contribution is -2.34. The molecule has 2 fully saturated rings. The van der Waals surface area contributed by atoms with Crippen molar-refractivity contribution < 1.29 is 4.79 Å². The molecule has 19 heavy (non-hydrogen) atoms. The maximum absolute atomic E-state index is 12.3. The quantitative estimate of drug-likeness (QED) is 0.873. The molecule has 1 aliphatic heterocycles. The second-order valence-electron chi connectivity index (χ2n) is 6.01. The molecule has 2 N–H and O–H groups in total. The van der Waals surface area contributed by atoms with Crippen LogP contribution in [0.25, 0.3) is 0 Å². The van der Waals surface area contributed by atoms with Crippen LogP contribution in [0.2, 0.25) is 0 Å². The van der Waals surface area contributed by atoms with Crippen LogP contribution in [0.5, 0.6) is 0 Å². The highest BCUT2D eigenvalue weighted by atomic mass is 16.2. The molecule has 1 aromatic rings. The molecule has 1 spiro atoms. The molecular weight excluding hydrogens is 236 g/mol. The van der Waals surface area contributed by atoms with Gasteiger partial charge in [-0.3, -0.25) is 4.79 Å². The molecule has 0 bridgehead atoms. The van der Waals surface area contributed by atoms with Gasteiger partial charge in [-0.1, -0.05) is 30.3 Å². The largest absolute Gasteiger partial charge is 0.349 e. The van der Waals surface area contributed by atoms with Crippen LogP contribution in [0.1, 0.15) is 37.8 Å². The van der Waals surface area contributed by atoms with Crippen molar-refractivity contribution in [1.82, 2.24) is 10.6 Å². The van der Waals surface area contributed by atoms with E-state index in [4.69, 9.17) is 0 Å². The van der Waals surface area contributed by atoms with Gasteiger partial charge in [-0.2, -0.15) is 0 Å². The van der Waals surface area contributed by atoms with Crippen molar-refractivity contribution >= 4 is 5.91 Å². The molecule has 1 saturated heterocycles. The van der Waals surface area contributed by atoms with Crippen LogP contribution in [0.4, 0.5) is 0 Å². The first-order valence-corrected chi connectivity index (χ1v) is 7.27. The first-order valence-electron chi connectivity index (χ1n) is 7.27. The maximum atomic E-state index is 12.3. The van der Waals surface area contributed by atoms with E-state index in [1.54, 1.807) is 0 Å². The molecule has 1 heterocycles. The molecule has 1 amide bonds. The summed E-state index contributed by atoms with van der Waals surface area (Å²) in [4.78, 5) is 12.3. The van der Waals surface area contributed by atoms with Crippen LogP contribution >= 0.6 is 0 Å². The Hall–Kier alpha value is -1.35. The maximum Gasteiger partial charge on any atom is 0.224 e. The minimum atomic E-state index is 0.105. The Morgan fingerprint density at radius 3 is 2.68 bits per heavy atom. The summed E-state index contributed by atoms with van der Waals surface area (Å²) in [5, 5.41) is 6.55. The monoisotopic (exact) mass is 258 g/mol. The van der Waals surface area contributed by atoms with Gasteiger partial charge >= 0.3 is 0 Å². The molecule has 2 atom stereocenters. The lowest BCUT2D eigenvalue weighted by Gasteiger charge is -2.23. The SMILES string of the molecule is C[C@H](NC(=O)C1CC12CCNCC2)c1ccccc1. The Bertz CT molecular complexity index is 451. The van der Waals surface area contributed by atoms with Crippen molar-refractivity contribution in [1.29, 1.82) is 0 Å². The zero-order valence-electron chi connectivity index (χ0n) is 11.5. The zero-order valence-corrected chi connectivity index (χ0v) is 11.5. The van der Waals surface area contributed by atoms with Crippen LogP contribution in [-0.2, 0) is 4.79 Å². The van der Waals surface area contributed by atoms with Crippen LogP contribution in [0, 0.1) is 11.3 Å². The smallest absolute Gasteiger partial charge is 0.224 e. The normalized spacial score (nSPS) is 25.8. The van der Waals surface area contributed by atoms with Crippen LogP contribution < -0.4 is 10.6 Å². The number of amides is 1. The molecule has 1 saturated carbocycles. The number of nitrogens with one attached hydrogen (secondary N) is 2. The minimum Gasteiger partial charge on any atom is -0.349 e. The average Bonchev–Trinajstić information content (AvgIpc) is 3.14. The fourth-order valence-electron chi connectivity index (χ4n) is 3.33. The molecule has 1 aliphatic carbocycles. The van der Waals surface area contributed by atoms with E-state index in [2.05, 4.69) is 29.7 Å². The van der Waals surface area contributed by atoms with Crippen LogP contribution in [0.3, 0.4) is 0 Å². The molecule has 3 heteroatoms. The van der Waals surface area contributed by atoms with Crippen molar-refractivity contribution in [2.75, 3.05) is 13.1 Å². The molecule has 3 rings (SSSR count). The van der Waals surface area contributed by atoms with E-state index >= 15 is 0 Å². The summed E-state index contributed by atoms with van der Waals surface area (Å²) in [6, 6.07) is 10.3. The van der Waals surface area contributed by atoms with Crippen molar-refractivity contribution in [2.24, 2.45) is 11.3 Å². The summed E-state index contributed by atoms with van der Waals surface area (Å²) in [5.41, 5.74) is 1.50. The van der Waals surface area contributed by atoms with Gasteiger partial charge in [0.05, 0.1) is 6.04 Å². The summed E-state index contributed by atoms with van der Waals surface area (Å²) in [6.07, 6.45) is 3.40. The predicted octanol–water partition coefficient (Wildman–Crippen LogP) is 2.25. The van der Waals surface area contributed by atoms with Gasteiger partial charge in [0.2, 0.25) is 5.91 Å². The summed E-state index contributed by atoms with van der Waals surface area (Å²) >= 11 is 0. The molecule has 0 radical (unpaired) electrons. The fraction of sp³-hybridized carbons (Fsp3) is 0.562. The average molecular weight is 258 g/mol. The zero-order chi connectivity index (χ0) is 13.3. The van der Waals surface area contributed by atoms with Gasteiger partial charge < -0.3 is 10.6 Å². The molecule has 2 aliphatic rings. The van der Waals surface area contributed by atoms with Crippen molar-refractivity contribution in [3.05, 3.63) is 35.9 Å². The van der Waals surface area contributed by atoms with Gasteiger partial charge in [-0.05, 0) is 50.3 Å². The third-order valence-electron chi connectivity index (χ3n) is 4.76. The highest BCUT2D eigenvalue weighted by Crippen LogP contribution is 2.58. The van der Waals surface area contributed by atoms with Gasteiger partial charge in [0.15, 0.2) is 0 Å². The first-order chi connectivity index (χ1) is 9.21. The Kier molecular flexibility index (Phi) is 3.31. The number of hydrogen-bond donors (Lipinski definition) is 2. The minimum absolute atomic E-state index is 0.105. The van der Waals surface area contributed by atoms with Gasteiger partial charge in [0, 0.05) is 5.92 Å². The highest BCUT2D eigenvalue weighted by molar-refractivity contribution is 5.83. The van der Waals surface area contributed by atoms with Crippen LogP contribution in [-0.4, -0.2) is 19.0 Å². The lowest BCUT2D eigenvalue weighted by molar-refractivity contribution is -0.123. The number of rotatable bonds is 3. The van der Waals surface area contributed by atoms with E-state index < -0.39 is 0 Å². The predicted molar refractivity (Wildman–Crippen MR) is 75.6 cm³/mol. The Balaban J connectivity index is 1.58. The van der Waals surface area contributed by atoms with Gasteiger partial charge in [-0.25, -0.2) is 0 Å². The highest BCUT2D eigenvalue weighted by Gasteiger charge is 2.57. The summed E-state index contributed by atoms with van der Waals surface area (Å²) in [6.45, 7) is 4.20. The third kappa shape index (κ3) is 2.52.